The van der Waals surface area contributed by atoms with Crippen molar-refractivity contribution in [1.82, 2.24) is 9.97 Å². The van der Waals surface area contributed by atoms with Gasteiger partial charge in [0.1, 0.15) is 10.7 Å². The summed E-state index contributed by atoms with van der Waals surface area (Å²) in [5.41, 5.74) is 2.70. The molecule has 19 heavy (non-hydrogen) atoms. The van der Waals surface area contributed by atoms with Crippen LogP contribution < -0.4 is 11.3 Å². The Labute approximate surface area is 122 Å². The van der Waals surface area contributed by atoms with Crippen molar-refractivity contribution in [3.63, 3.8) is 0 Å². The van der Waals surface area contributed by atoms with Crippen molar-refractivity contribution in [2.24, 2.45) is 5.84 Å². The Bertz CT molecular complexity index is 553. The molecule has 104 valence electrons. The molecule has 0 saturated heterocycles. The standard InChI is InChI=1S/C13H20N4S2/c1-4-8(3)18-7-11-15-12(17-14)10-6-9(5-2)19-13(10)16-11/h6,8H,4-5,7,14H2,1-3H3,(H,15,16,17). The van der Waals surface area contributed by atoms with E-state index in [4.69, 9.17) is 5.84 Å². The molecule has 2 heterocycles. The lowest BCUT2D eigenvalue weighted by Gasteiger charge is -2.08. The molecule has 0 amide bonds. The first-order valence-electron chi connectivity index (χ1n) is 6.55. The monoisotopic (exact) mass is 296 g/mol. The van der Waals surface area contributed by atoms with Gasteiger partial charge in [0.2, 0.25) is 0 Å². The number of nitrogen functional groups attached to an aromatic ring is 1. The summed E-state index contributed by atoms with van der Waals surface area (Å²) in [5.74, 6) is 8.00. The molecule has 0 fully saturated rings. The lowest BCUT2D eigenvalue weighted by Crippen LogP contribution is -2.10. The normalized spacial score (nSPS) is 12.8. The van der Waals surface area contributed by atoms with Gasteiger partial charge in [0.15, 0.2) is 5.82 Å². The summed E-state index contributed by atoms with van der Waals surface area (Å²) in [7, 11) is 0. The van der Waals surface area contributed by atoms with Gasteiger partial charge in [0.25, 0.3) is 0 Å². The number of rotatable bonds is 6. The fourth-order valence-electron chi connectivity index (χ4n) is 1.70. The summed E-state index contributed by atoms with van der Waals surface area (Å²) >= 11 is 3.61. The zero-order valence-electron chi connectivity index (χ0n) is 11.6. The number of hydrogen-bond donors (Lipinski definition) is 2. The van der Waals surface area contributed by atoms with Crippen LogP contribution in [0.3, 0.4) is 0 Å². The van der Waals surface area contributed by atoms with Gasteiger partial charge in [-0.05, 0) is 18.9 Å². The van der Waals surface area contributed by atoms with Crippen LogP contribution in [0.2, 0.25) is 0 Å². The molecule has 0 spiro atoms. The summed E-state index contributed by atoms with van der Waals surface area (Å²) in [5, 5.41) is 1.66. The maximum atomic E-state index is 5.58. The summed E-state index contributed by atoms with van der Waals surface area (Å²) in [6.45, 7) is 6.57. The maximum Gasteiger partial charge on any atom is 0.152 e. The van der Waals surface area contributed by atoms with Crippen LogP contribution in [-0.4, -0.2) is 15.2 Å². The van der Waals surface area contributed by atoms with Crippen molar-refractivity contribution in [3.05, 3.63) is 16.8 Å². The number of hydrazine groups is 1. The highest BCUT2D eigenvalue weighted by Gasteiger charge is 2.11. The number of nitrogens with two attached hydrogens (primary N) is 1. The third kappa shape index (κ3) is 3.38. The van der Waals surface area contributed by atoms with Gasteiger partial charge in [-0.2, -0.15) is 11.8 Å². The van der Waals surface area contributed by atoms with E-state index in [1.165, 1.54) is 4.88 Å². The van der Waals surface area contributed by atoms with E-state index in [1.807, 2.05) is 11.8 Å². The fraction of sp³-hybridized carbons (Fsp3) is 0.538. The smallest absolute Gasteiger partial charge is 0.152 e. The molecule has 4 nitrogen and oxygen atoms in total. The van der Waals surface area contributed by atoms with Gasteiger partial charge in [0.05, 0.1) is 11.1 Å². The van der Waals surface area contributed by atoms with Gasteiger partial charge < -0.3 is 5.43 Å². The summed E-state index contributed by atoms with van der Waals surface area (Å²) in [6, 6.07) is 2.13. The molecule has 1 unspecified atom stereocenters. The highest BCUT2D eigenvalue weighted by molar-refractivity contribution is 7.99. The van der Waals surface area contributed by atoms with Crippen LogP contribution in [0.1, 0.15) is 37.9 Å². The van der Waals surface area contributed by atoms with Gasteiger partial charge in [0, 0.05) is 10.1 Å². The lowest BCUT2D eigenvalue weighted by atomic mass is 10.3. The molecular weight excluding hydrogens is 276 g/mol. The topological polar surface area (TPSA) is 63.8 Å². The average Bonchev–Trinajstić information content (AvgIpc) is 2.86. The number of nitrogens with zero attached hydrogens (tertiary/aromatic N) is 2. The number of thiophene rings is 1. The summed E-state index contributed by atoms with van der Waals surface area (Å²) in [4.78, 5) is 11.5. The number of nitrogens with one attached hydrogen (secondary N) is 1. The van der Waals surface area contributed by atoms with Gasteiger partial charge in [-0.15, -0.1) is 11.3 Å². The minimum absolute atomic E-state index is 0.628. The van der Waals surface area contributed by atoms with Crippen molar-refractivity contribution in [1.29, 1.82) is 0 Å². The zero-order chi connectivity index (χ0) is 13.8. The number of aryl methyl sites for hydroxylation is 1. The van der Waals surface area contributed by atoms with Gasteiger partial charge in [-0.3, -0.25) is 0 Å². The second kappa shape index (κ2) is 6.54. The van der Waals surface area contributed by atoms with Crippen LogP contribution >= 0.6 is 23.1 Å². The van der Waals surface area contributed by atoms with E-state index in [1.54, 1.807) is 11.3 Å². The molecule has 2 aromatic rings. The molecular formula is C13H20N4S2. The summed E-state index contributed by atoms with van der Waals surface area (Å²) in [6.07, 6.45) is 2.18. The Balaban J connectivity index is 2.30. The van der Waals surface area contributed by atoms with E-state index in [-0.39, 0.29) is 0 Å². The molecule has 0 bridgehead atoms. The lowest BCUT2D eigenvalue weighted by molar-refractivity contribution is 0.902. The first kappa shape index (κ1) is 14.6. The highest BCUT2D eigenvalue weighted by atomic mass is 32.2. The summed E-state index contributed by atoms with van der Waals surface area (Å²) < 4.78 is 0. The molecule has 2 rings (SSSR count). The number of thioether (sulfide) groups is 1. The van der Waals surface area contributed by atoms with Gasteiger partial charge in [-0.1, -0.05) is 20.8 Å². The molecule has 0 aromatic carbocycles. The highest BCUT2D eigenvalue weighted by Crippen LogP contribution is 2.30. The maximum absolute atomic E-state index is 5.58. The predicted octanol–water partition coefficient (Wildman–Crippen LogP) is 3.57. The molecule has 0 aliphatic heterocycles. The van der Waals surface area contributed by atoms with E-state index in [0.717, 1.165) is 40.5 Å². The molecule has 0 aliphatic rings. The second-order valence-corrected chi connectivity index (χ2v) is 6.99. The third-order valence-corrected chi connectivity index (χ3v) is 5.55. The number of fused-ring (bicyclic) bond motifs is 1. The largest absolute Gasteiger partial charge is 0.308 e. The number of aromatic nitrogens is 2. The predicted molar refractivity (Wildman–Crippen MR) is 85.7 cm³/mol. The van der Waals surface area contributed by atoms with Crippen LogP contribution in [0.5, 0.6) is 0 Å². The van der Waals surface area contributed by atoms with Crippen molar-refractivity contribution in [3.8, 4) is 0 Å². The van der Waals surface area contributed by atoms with Crippen LogP contribution in [-0.2, 0) is 12.2 Å². The van der Waals surface area contributed by atoms with Crippen LogP contribution in [0.15, 0.2) is 6.07 Å². The first-order chi connectivity index (χ1) is 9.17. The van der Waals surface area contributed by atoms with Crippen molar-refractivity contribution >= 4 is 39.1 Å². The minimum atomic E-state index is 0.628. The molecule has 2 aromatic heterocycles. The molecule has 6 heteroatoms. The Morgan fingerprint density at radius 3 is 2.84 bits per heavy atom. The Hall–Kier alpha value is -0.850. The van der Waals surface area contributed by atoms with E-state index in [9.17, 15) is 0 Å². The van der Waals surface area contributed by atoms with Crippen molar-refractivity contribution in [2.75, 3.05) is 5.43 Å². The Morgan fingerprint density at radius 2 is 2.21 bits per heavy atom. The molecule has 0 radical (unpaired) electrons. The molecule has 3 N–H and O–H groups in total. The number of hydrogen-bond acceptors (Lipinski definition) is 6. The van der Waals surface area contributed by atoms with Crippen molar-refractivity contribution in [2.45, 2.75) is 44.6 Å². The first-order valence-corrected chi connectivity index (χ1v) is 8.42. The van der Waals surface area contributed by atoms with E-state index in [0.29, 0.717) is 5.25 Å². The molecule has 1 atom stereocenters. The molecule has 0 aliphatic carbocycles. The molecule has 0 saturated carbocycles. The minimum Gasteiger partial charge on any atom is -0.308 e. The number of anilines is 1. The average molecular weight is 296 g/mol. The Kier molecular flexibility index (Phi) is 5.01. The second-order valence-electron chi connectivity index (χ2n) is 4.45. The van der Waals surface area contributed by atoms with Crippen LogP contribution in [0.4, 0.5) is 5.82 Å². The SMILES string of the molecule is CCc1cc2c(NN)nc(CSC(C)CC)nc2s1. The van der Waals surface area contributed by atoms with Crippen LogP contribution in [0.25, 0.3) is 10.2 Å². The Morgan fingerprint density at radius 1 is 1.42 bits per heavy atom. The van der Waals surface area contributed by atoms with Crippen LogP contribution in [0, 0.1) is 0 Å². The van der Waals surface area contributed by atoms with E-state index < -0.39 is 0 Å². The van der Waals surface area contributed by atoms with E-state index >= 15 is 0 Å². The quantitative estimate of drug-likeness (QED) is 0.630. The van der Waals surface area contributed by atoms with Gasteiger partial charge in [-0.25, -0.2) is 15.8 Å². The zero-order valence-corrected chi connectivity index (χ0v) is 13.2. The fourth-order valence-corrected chi connectivity index (χ4v) is 3.48. The van der Waals surface area contributed by atoms with Crippen molar-refractivity contribution < 1.29 is 0 Å². The third-order valence-electron chi connectivity index (χ3n) is 3.05. The van der Waals surface area contributed by atoms with E-state index in [2.05, 4.69) is 42.2 Å². The van der Waals surface area contributed by atoms with Gasteiger partial charge >= 0.3 is 0 Å².